The molecule has 0 spiro atoms. The first-order valence-electron chi connectivity index (χ1n) is 11.3. The number of nitrogens with zero attached hydrogens (tertiary/aromatic N) is 2. The van der Waals surface area contributed by atoms with Crippen LogP contribution in [0, 0.1) is 5.92 Å². The highest BCUT2D eigenvalue weighted by Crippen LogP contribution is 2.36. The molecule has 0 saturated carbocycles. The fourth-order valence-electron chi connectivity index (χ4n) is 4.92. The number of hydrogen-bond acceptors (Lipinski definition) is 6. The summed E-state index contributed by atoms with van der Waals surface area (Å²) in [6.45, 7) is 2.13. The predicted octanol–water partition coefficient (Wildman–Crippen LogP) is -0.0882. The maximum absolute atomic E-state index is 13.4. The van der Waals surface area contributed by atoms with Crippen LogP contribution in [-0.2, 0) is 25.6 Å². The number of likely N-dealkylation sites (tertiary alicyclic amines) is 2. The van der Waals surface area contributed by atoms with E-state index in [4.69, 9.17) is 5.73 Å². The average molecular weight is 461 g/mol. The summed E-state index contributed by atoms with van der Waals surface area (Å²) in [6.07, 6.45) is 1.72. The largest absolute Gasteiger partial charge is 0.480 e. The molecule has 5 N–H and O–H groups in total. The van der Waals surface area contributed by atoms with E-state index in [1.165, 1.54) is 4.90 Å². The Morgan fingerprint density at radius 3 is 2.48 bits per heavy atom. The van der Waals surface area contributed by atoms with Crippen LogP contribution in [0.1, 0.15) is 31.7 Å². The van der Waals surface area contributed by atoms with Crippen molar-refractivity contribution in [3.05, 3.63) is 35.9 Å². The molecule has 10 nitrogen and oxygen atoms in total. The Hall–Kier alpha value is -2.98. The maximum Gasteiger partial charge on any atom is 0.326 e. The third-order valence-corrected chi connectivity index (χ3v) is 6.69. The average Bonchev–Trinajstić information content (AvgIpc) is 3.20. The van der Waals surface area contributed by atoms with Gasteiger partial charge >= 0.3 is 11.9 Å². The molecule has 2 fully saturated rings. The van der Waals surface area contributed by atoms with Gasteiger partial charge in [0.2, 0.25) is 11.8 Å². The molecule has 0 radical (unpaired) electrons. The van der Waals surface area contributed by atoms with E-state index in [-0.39, 0.29) is 31.3 Å². The van der Waals surface area contributed by atoms with Gasteiger partial charge in [-0.1, -0.05) is 30.3 Å². The molecule has 3 rings (SSSR count). The highest BCUT2D eigenvalue weighted by molar-refractivity contribution is 5.88. The number of nitrogens with one attached hydrogen (secondary N) is 1. The van der Waals surface area contributed by atoms with Gasteiger partial charge in [-0.15, -0.1) is 0 Å². The molecule has 2 saturated heterocycles. The fraction of sp³-hybridized carbons (Fsp3) is 0.565. The molecular weight excluding hydrogens is 428 g/mol. The van der Waals surface area contributed by atoms with Crippen LogP contribution in [0.25, 0.3) is 0 Å². The molecular formula is C23H32N4O6. The van der Waals surface area contributed by atoms with Gasteiger partial charge in [-0.3, -0.25) is 19.7 Å². The van der Waals surface area contributed by atoms with Gasteiger partial charge in [-0.25, -0.2) is 4.79 Å². The van der Waals surface area contributed by atoms with Crippen LogP contribution < -0.4 is 11.1 Å². The van der Waals surface area contributed by atoms with Crippen LogP contribution in [0.3, 0.4) is 0 Å². The fourth-order valence-corrected chi connectivity index (χ4v) is 4.92. The third kappa shape index (κ3) is 5.69. The van der Waals surface area contributed by atoms with E-state index in [1.807, 2.05) is 30.3 Å². The summed E-state index contributed by atoms with van der Waals surface area (Å²) < 4.78 is 0. The van der Waals surface area contributed by atoms with Crippen LogP contribution in [0.4, 0.5) is 0 Å². The molecule has 2 amide bonds. The zero-order valence-electron chi connectivity index (χ0n) is 18.7. The first-order chi connectivity index (χ1) is 15.7. The second-order valence-corrected chi connectivity index (χ2v) is 8.80. The molecule has 0 aliphatic carbocycles. The van der Waals surface area contributed by atoms with Gasteiger partial charge in [0.05, 0.1) is 18.6 Å². The van der Waals surface area contributed by atoms with E-state index in [1.54, 1.807) is 11.8 Å². The van der Waals surface area contributed by atoms with Crippen LogP contribution in [0.15, 0.2) is 30.3 Å². The predicted molar refractivity (Wildman–Crippen MR) is 119 cm³/mol. The Balaban J connectivity index is 1.71. The van der Waals surface area contributed by atoms with Gasteiger partial charge in [0, 0.05) is 13.1 Å². The zero-order chi connectivity index (χ0) is 24.1. The summed E-state index contributed by atoms with van der Waals surface area (Å²) in [4.78, 5) is 52.1. The highest BCUT2D eigenvalue weighted by atomic mass is 16.4. The van der Waals surface area contributed by atoms with Gasteiger partial charge in [0.25, 0.3) is 0 Å². The number of aliphatic carboxylic acids is 2. The van der Waals surface area contributed by atoms with E-state index < -0.39 is 42.0 Å². The summed E-state index contributed by atoms with van der Waals surface area (Å²) in [6, 6.07) is 6.16. The Bertz CT molecular complexity index is 879. The Labute approximate surface area is 192 Å². The lowest BCUT2D eigenvalue weighted by Crippen LogP contribution is -2.59. The molecule has 0 unspecified atom stereocenters. The minimum Gasteiger partial charge on any atom is -0.480 e. The molecule has 1 aromatic rings. The van der Waals surface area contributed by atoms with Crippen LogP contribution in [0.5, 0.6) is 0 Å². The number of piperidine rings is 1. The quantitative estimate of drug-likeness (QED) is 0.399. The van der Waals surface area contributed by atoms with Gasteiger partial charge in [-0.05, 0) is 44.1 Å². The van der Waals surface area contributed by atoms with Crippen molar-refractivity contribution in [2.75, 3.05) is 19.6 Å². The minimum atomic E-state index is -1.10. The summed E-state index contributed by atoms with van der Waals surface area (Å²) in [5, 5.41) is 22.3. The topological polar surface area (TPSA) is 153 Å². The minimum absolute atomic E-state index is 0.0302. The number of carboxylic acid groups (broad SMARTS) is 2. The second-order valence-electron chi connectivity index (χ2n) is 8.80. The van der Waals surface area contributed by atoms with Crippen molar-refractivity contribution < 1.29 is 29.4 Å². The number of carboxylic acids is 2. The normalized spacial score (nSPS) is 24.1. The van der Waals surface area contributed by atoms with Gasteiger partial charge < -0.3 is 25.7 Å². The number of aryl methyl sites for hydroxylation is 1. The molecule has 5 atom stereocenters. The van der Waals surface area contributed by atoms with E-state index in [0.717, 1.165) is 5.56 Å². The van der Waals surface area contributed by atoms with Crippen molar-refractivity contribution >= 4 is 23.8 Å². The smallest absolute Gasteiger partial charge is 0.326 e. The summed E-state index contributed by atoms with van der Waals surface area (Å²) in [5.74, 6) is -2.91. The number of hydrogen-bond donors (Lipinski definition) is 4. The standard InChI is InChI=1S/C23H32N4O6/c1-14(25-17(22(30)31)8-7-15-5-3-2-4-6-15)21(29)27-18(23(32)33)11-16-9-10-26(13-19(16)27)20(28)12-24/h2-6,14,16-19,25H,7-13,24H2,1H3,(H,30,31)(H,32,33)/t14-,16-,17+,18-,19-/m0/s1. The third-order valence-electron chi connectivity index (χ3n) is 6.69. The summed E-state index contributed by atoms with van der Waals surface area (Å²) in [7, 11) is 0. The van der Waals surface area contributed by atoms with E-state index in [0.29, 0.717) is 25.8 Å². The van der Waals surface area contributed by atoms with Crippen molar-refractivity contribution in [3.8, 4) is 0 Å². The molecule has 0 bridgehead atoms. The van der Waals surface area contributed by atoms with Crippen molar-refractivity contribution in [3.63, 3.8) is 0 Å². The number of amides is 2. The number of carbonyl (C=O) groups is 4. The van der Waals surface area contributed by atoms with Crippen LogP contribution >= 0.6 is 0 Å². The van der Waals surface area contributed by atoms with Crippen molar-refractivity contribution in [1.29, 1.82) is 0 Å². The lowest BCUT2D eigenvalue weighted by molar-refractivity contribution is -0.152. The molecule has 1 aromatic carbocycles. The van der Waals surface area contributed by atoms with E-state index in [2.05, 4.69) is 5.32 Å². The molecule has 0 aromatic heterocycles. The van der Waals surface area contributed by atoms with Gasteiger partial charge in [-0.2, -0.15) is 0 Å². The van der Waals surface area contributed by atoms with Gasteiger partial charge in [0.1, 0.15) is 12.1 Å². The van der Waals surface area contributed by atoms with Crippen molar-refractivity contribution in [2.45, 2.75) is 56.8 Å². The molecule has 2 aliphatic rings. The van der Waals surface area contributed by atoms with Gasteiger partial charge in [0.15, 0.2) is 0 Å². The Kier molecular flexibility index (Phi) is 8.04. The first-order valence-corrected chi connectivity index (χ1v) is 11.3. The number of carbonyl (C=O) groups excluding carboxylic acids is 2. The Morgan fingerprint density at radius 1 is 1.18 bits per heavy atom. The monoisotopic (exact) mass is 460 g/mol. The van der Waals surface area contributed by atoms with Crippen molar-refractivity contribution in [1.82, 2.24) is 15.1 Å². The lowest BCUT2D eigenvalue weighted by atomic mass is 9.91. The van der Waals surface area contributed by atoms with Crippen LogP contribution in [-0.4, -0.2) is 87.6 Å². The molecule has 33 heavy (non-hydrogen) atoms. The van der Waals surface area contributed by atoms with Crippen molar-refractivity contribution in [2.24, 2.45) is 11.7 Å². The second kappa shape index (κ2) is 10.8. The molecule has 10 heteroatoms. The molecule has 2 heterocycles. The number of benzene rings is 1. The van der Waals surface area contributed by atoms with E-state index >= 15 is 0 Å². The lowest BCUT2D eigenvalue weighted by Gasteiger charge is -2.39. The Morgan fingerprint density at radius 2 is 1.88 bits per heavy atom. The van der Waals surface area contributed by atoms with E-state index in [9.17, 15) is 29.4 Å². The summed E-state index contributed by atoms with van der Waals surface area (Å²) >= 11 is 0. The number of rotatable bonds is 9. The number of nitrogens with two attached hydrogens (primary N) is 1. The summed E-state index contributed by atoms with van der Waals surface area (Å²) in [5.41, 5.74) is 6.47. The number of fused-ring (bicyclic) bond motifs is 1. The first kappa shape index (κ1) is 24.7. The molecule has 180 valence electrons. The zero-order valence-corrected chi connectivity index (χ0v) is 18.7. The molecule has 2 aliphatic heterocycles. The van der Waals surface area contributed by atoms with Crippen LogP contribution in [0.2, 0.25) is 0 Å². The SMILES string of the molecule is C[C@H](N[C@H](CCc1ccccc1)C(=O)O)C(=O)N1[C@H](C(=O)O)C[C@@H]2CCN(C(=O)CN)C[C@@H]21. The maximum atomic E-state index is 13.4. The highest BCUT2D eigenvalue weighted by Gasteiger charge is 2.50.